The van der Waals surface area contributed by atoms with Crippen LogP contribution in [0.3, 0.4) is 0 Å². The number of carbonyl (C=O) groups is 2. The van der Waals surface area contributed by atoms with Gasteiger partial charge < -0.3 is 9.47 Å². The van der Waals surface area contributed by atoms with Gasteiger partial charge in [0.1, 0.15) is 12.4 Å². The molecule has 5 nitrogen and oxygen atoms in total. The molecule has 0 unspecified atom stereocenters. The van der Waals surface area contributed by atoms with Crippen molar-refractivity contribution in [1.82, 2.24) is 4.90 Å². The molecule has 2 aromatic carbocycles. The summed E-state index contributed by atoms with van der Waals surface area (Å²) in [4.78, 5) is 25.8. The molecule has 0 atom stereocenters. The van der Waals surface area contributed by atoms with Gasteiger partial charge >= 0.3 is 0 Å². The SMILES string of the molecule is C=CCN1C(=O)S/C(=C/c2ccc(OCc3ccccc3F)c(OCC)c2)C1=O. The molecule has 1 saturated heterocycles. The van der Waals surface area contributed by atoms with Gasteiger partial charge in [-0.25, -0.2) is 4.39 Å². The molecule has 3 rings (SSSR count). The third kappa shape index (κ3) is 4.86. The molecule has 7 heteroatoms. The summed E-state index contributed by atoms with van der Waals surface area (Å²) < 4.78 is 25.2. The highest BCUT2D eigenvalue weighted by atomic mass is 32.2. The highest BCUT2D eigenvalue weighted by Gasteiger charge is 2.34. The Morgan fingerprint density at radius 2 is 1.93 bits per heavy atom. The van der Waals surface area contributed by atoms with E-state index in [2.05, 4.69) is 6.58 Å². The minimum Gasteiger partial charge on any atom is -0.490 e. The number of imide groups is 1. The molecule has 2 amide bonds. The summed E-state index contributed by atoms with van der Waals surface area (Å²) >= 11 is 0.886. The fourth-order valence-corrected chi connectivity index (χ4v) is 3.56. The Morgan fingerprint density at radius 3 is 2.66 bits per heavy atom. The lowest BCUT2D eigenvalue weighted by Gasteiger charge is -2.13. The summed E-state index contributed by atoms with van der Waals surface area (Å²) in [5.41, 5.74) is 1.13. The van der Waals surface area contributed by atoms with Crippen LogP contribution < -0.4 is 9.47 Å². The predicted molar refractivity (Wildman–Crippen MR) is 111 cm³/mol. The Morgan fingerprint density at radius 1 is 1.14 bits per heavy atom. The van der Waals surface area contributed by atoms with E-state index >= 15 is 0 Å². The van der Waals surface area contributed by atoms with Gasteiger partial charge in [-0.05, 0) is 48.5 Å². The van der Waals surface area contributed by atoms with Crippen LogP contribution in [-0.4, -0.2) is 29.2 Å². The van der Waals surface area contributed by atoms with Crippen molar-refractivity contribution in [2.75, 3.05) is 13.2 Å². The Bertz CT molecular complexity index is 973. The average Bonchev–Trinajstić information content (AvgIpc) is 2.96. The number of rotatable bonds is 8. The molecular weight excluding hydrogens is 393 g/mol. The minimum absolute atomic E-state index is 0.0620. The lowest BCUT2D eigenvalue weighted by molar-refractivity contribution is -0.122. The van der Waals surface area contributed by atoms with E-state index in [1.807, 2.05) is 6.92 Å². The molecular formula is C22H20FNO4S. The molecule has 1 aliphatic rings. The normalized spacial score (nSPS) is 15.1. The molecule has 0 spiro atoms. The fraction of sp³-hybridized carbons (Fsp3) is 0.182. The van der Waals surface area contributed by atoms with E-state index in [1.165, 1.54) is 12.1 Å². The zero-order valence-electron chi connectivity index (χ0n) is 15.9. The van der Waals surface area contributed by atoms with Gasteiger partial charge in [0.2, 0.25) is 0 Å². The number of thioether (sulfide) groups is 1. The van der Waals surface area contributed by atoms with Crippen LogP contribution in [0.5, 0.6) is 11.5 Å². The predicted octanol–water partition coefficient (Wildman–Crippen LogP) is 5.03. The van der Waals surface area contributed by atoms with Crippen LogP contribution in [0.15, 0.2) is 60.0 Å². The summed E-state index contributed by atoms with van der Waals surface area (Å²) in [6, 6.07) is 11.6. The topological polar surface area (TPSA) is 55.8 Å². The Balaban J connectivity index is 1.81. The van der Waals surface area contributed by atoms with Crippen molar-refractivity contribution in [3.8, 4) is 11.5 Å². The maximum absolute atomic E-state index is 13.8. The summed E-state index contributed by atoms with van der Waals surface area (Å²) in [6.45, 7) is 6.05. The van der Waals surface area contributed by atoms with E-state index in [9.17, 15) is 14.0 Å². The summed E-state index contributed by atoms with van der Waals surface area (Å²) in [6.07, 6.45) is 3.14. The largest absolute Gasteiger partial charge is 0.490 e. The van der Waals surface area contributed by atoms with E-state index in [-0.39, 0.29) is 30.1 Å². The van der Waals surface area contributed by atoms with Gasteiger partial charge in [-0.3, -0.25) is 14.5 Å². The van der Waals surface area contributed by atoms with E-state index in [4.69, 9.17) is 9.47 Å². The zero-order valence-corrected chi connectivity index (χ0v) is 16.7. The quantitative estimate of drug-likeness (QED) is 0.449. The van der Waals surface area contributed by atoms with Crippen molar-refractivity contribution in [3.63, 3.8) is 0 Å². The number of hydrogen-bond acceptors (Lipinski definition) is 5. The first-order valence-corrected chi connectivity index (χ1v) is 9.84. The van der Waals surface area contributed by atoms with Gasteiger partial charge in [0.05, 0.1) is 11.5 Å². The van der Waals surface area contributed by atoms with E-state index < -0.39 is 0 Å². The summed E-state index contributed by atoms with van der Waals surface area (Å²) in [5, 5.41) is -0.323. The number of nitrogens with zero attached hydrogens (tertiary/aromatic N) is 1. The molecule has 0 saturated carbocycles. The molecule has 150 valence electrons. The summed E-state index contributed by atoms with van der Waals surface area (Å²) in [5.74, 6) is 0.255. The lowest BCUT2D eigenvalue weighted by Crippen LogP contribution is -2.27. The van der Waals surface area contributed by atoms with Crippen LogP contribution in [0.4, 0.5) is 9.18 Å². The molecule has 1 heterocycles. The third-order valence-electron chi connectivity index (χ3n) is 4.09. The van der Waals surface area contributed by atoms with Crippen molar-refractivity contribution in [2.45, 2.75) is 13.5 Å². The standard InChI is InChI=1S/C22H20FNO4S/c1-3-11-24-21(25)20(29-22(24)26)13-15-9-10-18(19(12-15)27-4-2)28-14-16-7-5-6-8-17(16)23/h3,5-10,12-13H,1,4,11,14H2,2H3/b20-13+. The lowest BCUT2D eigenvalue weighted by atomic mass is 10.1. The smallest absolute Gasteiger partial charge is 0.293 e. The van der Waals surface area contributed by atoms with Crippen molar-refractivity contribution >= 4 is 29.0 Å². The highest BCUT2D eigenvalue weighted by Crippen LogP contribution is 2.35. The minimum atomic E-state index is -0.349. The number of ether oxygens (including phenoxy) is 2. The van der Waals surface area contributed by atoms with Crippen LogP contribution >= 0.6 is 11.8 Å². The van der Waals surface area contributed by atoms with Gasteiger partial charge in [-0.2, -0.15) is 0 Å². The molecule has 0 aliphatic carbocycles. The zero-order chi connectivity index (χ0) is 20.8. The van der Waals surface area contributed by atoms with Crippen LogP contribution in [0.1, 0.15) is 18.1 Å². The number of carbonyl (C=O) groups excluding carboxylic acids is 2. The van der Waals surface area contributed by atoms with Crippen LogP contribution in [0, 0.1) is 5.82 Å². The van der Waals surface area contributed by atoms with E-state index in [1.54, 1.807) is 42.5 Å². The molecule has 0 radical (unpaired) electrons. The Labute approximate surface area is 172 Å². The highest BCUT2D eigenvalue weighted by molar-refractivity contribution is 8.18. The monoisotopic (exact) mass is 413 g/mol. The van der Waals surface area contributed by atoms with Crippen molar-refractivity contribution < 1.29 is 23.5 Å². The summed E-state index contributed by atoms with van der Waals surface area (Å²) in [7, 11) is 0. The van der Waals surface area contributed by atoms with Crippen LogP contribution in [0.25, 0.3) is 6.08 Å². The second-order valence-corrected chi connectivity index (χ2v) is 7.09. The van der Waals surface area contributed by atoms with Crippen molar-refractivity contribution in [2.24, 2.45) is 0 Å². The Hall–Kier alpha value is -3.06. The third-order valence-corrected chi connectivity index (χ3v) is 5.00. The van der Waals surface area contributed by atoms with Gasteiger partial charge in [-0.15, -0.1) is 6.58 Å². The fourth-order valence-electron chi connectivity index (χ4n) is 2.71. The molecule has 1 aliphatic heterocycles. The van der Waals surface area contributed by atoms with Gasteiger partial charge in [0.25, 0.3) is 11.1 Å². The molecule has 0 N–H and O–H groups in total. The average molecular weight is 413 g/mol. The van der Waals surface area contributed by atoms with Crippen molar-refractivity contribution in [1.29, 1.82) is 0 Å². The molecule has 2 aromatic rings. The first-order valence-electron chi connectivity index (χ1n) is 9.02. The first-order chi connectivity index (χ1) is 14.0. The number of amides is 2. The number of hydrogen-bond donors (Lipinski definition) is 0. The second kappa shape index (κ2) is 9.43. The molecule has 1 fully saturated rings. The van der Waals surface area contributed by atoms with Crippen molar-refractivity contribution in [3.05, 3.63) is 77.0 Å². The van der Waals surface area contributed by atoms with Gasteiger partial charge in [-0.1, -0.05) is 30.3 Å². The van der Waals surface area contributed by atoms with Gasteiger partial charge in [0, 0.05) is 12.1 Å². The van der Waals surface area contributed by atoms with Gasteiger partial charge in [0.15, 0.2) is 11.5 Å². The van der Waals surface area contributed by atoms with E-state index in [0.717, 1.165) is 16.7 Å². The maximum Gasteiger partial charge on any atom is 0.293 e. The molecule has 29 heavy (non-hydrogen) atoms. The van der Waals surface area contributed by atoms with E-state index in [0.29, 0.717) is 34.1 Å². The number of halogens is 1. The number of benzene rings is 2. The first kappa shape index (κ1) is 20.7. The molecule has 0 aromatic heterocycles. The second-order valence-electron chi connectivity index (χ2n) is 6.10. The molecule has 0 bridgehead atoms. The maximum atomic E-state index is 13.8. The van der Waals surface area contributed by atoms with Crippen LogP contribution in [-0.2, 0) is 11.4 Å². The van der Waals surface area contributed by atoms with Crippen LogP contribution in [0.2, 0.25) is 0 Å². The Kier molecular flexibility index (Phi) is 6.72.